The van der Waals surface area contributed by atoms with E-state index < -0.39 is 10.8 Å². The van der Waals surface area contributed by atoms with Crippen LogP contribution in [0.1, 0.15) is 58.3 Å². The number of allylic oxidation sites excluding steroid dienone is 1. The van der Waals surface area contributed by atoms with Gasteiger partial charge in [0.25, 0.3) is 0 Å². The van der Waals surface area contributed by atoms with Crippen molar-refractivity contribution in [1.82, 2.24) is 0 Å². The zero-order valence-corrected chi connectivity index (χ0v) is 16.2. The molecule has 0 amide bonds. The minimum Gasteiger partial charge on any atom is -0.460 e. The third kappa shape index (κ3) is 2.96. The molecule has 5 heteroatoms. The van der Waals surface area contributed by atoms with Crippen molar-refractivity contribution in [3.63, 3.8) is 0 Å². The van der Waals surface area contributed by atoms with Gasteiger partial charge in [-0.25, -0.2) is 4.79 Å². The predicted molar refractivity (Wildman–Crippen MR) is 97.5 cm³/mol. The highest BCUT2D eigenvalue weighted by atomic mass is 35.5. The molecule has 0 aromatic heterocycles. The zero-order chi connectivity index (χ0) is 17.8. The fourth-order valence-corrected chi connectivity index (χ4v) is 6.62. The molecule has 0 bridgehead atoms. The van der Waals surface area contributed by atoms with Crippen molar-refractivity contribution in [2.24, 2.45) is 29.1 Å². The van der Waals surface area contributed by atoms with E-state index in [9.17, 15) is 9.59 Å². The molecule has 3 saturated carbocycles. The monoisotopic (exact) mass is 384 g/mol. The summed E-state index contributed by atoms with van der Waals surface area (Å²) in [6, 6.07) is 0. The van der Waals surface area contributed by atoms with E-state index in [-0.39, 0.29) is 11.5 Å². The minimum atomic E-state index is -1.10. The number of fused-ring (bicyclic) bond motifs is 5. The van der Waals surface area contributed by atoms with Gasteiger partial charge in [0.1, 0.15) is 6.10 Å². The highest BCUT2D eigenvalue weighted by Crippen LogP contribution is 2.62. The van der Waals surface area contributed by atoms with Crippen molar-refractivity contribution >= 4 is 35.0 Å². The van der Waals surface area contributed by atoms with Gasteiger partial charge in [0.05, 0.1) is 0 Å². The number of esters is 1. The SMILES string of the molecule is C[C@]12CC[C@H]3[C@@H](CCC4=CC(=O)CC[C@@H]43)[C@@H]1CC[C@@H]2OC(=O)C(Cl)Cl. The Labute approximate surface area is 159 Å². The summed E-state index contributed by atoms with van der Waals surface area (Å²) in [5, 5.41) is 0. The van der Waals surface area contributed by atoms with E-state index in [0.29, 0.717) is 35.9 Å². The molecule has 4 rings (SSSR count). The number of carbonyl (C=O) groups is 2. The van der Waals surface area contributed by atoms with Crippen LogP contribution in [0.4, 0.5) is 0 Å². The smallest absolute Gasteiger partial charge is 0.339 e. The maximum atomic E-state index is 11.9. The molecule has 0 unspecified atom stereocenters. The van der Waals surface area contributed by atoms with Crippen LogP contribution in [0.5, 0.6) is 0 Å². The number of carbonyl (C=O) groups excluding carboxylic acids is 2. The molecule has 4 aliphatic carbocycles. The third-order valence-electron chi connectivity index (χ3n) is 7.65. The van der Waals surface area contributed by atoms with Crippen LogP contribution in [0.15, 0.2) is 11.6 Å². The number of alkyl halides is 2. The van der Waals surface area contributed by atoms with Crippen molar-refractivity contribution in [1.29, 1.82) is 0 Å². The van der Waals surface area contributed by atoms with E-state index in [0.717, 1.165) is 32.1 Å². The lowest BCUT2D eigenvalue weighted by atomic mass is 9.52. The Balaban J connectivity index is 1.53. The van der Waals surface area contributed by atoms with Crippen molar-refractivity contribution in [2.45, 2.75) is 69.2 Å². The van der Waals surface area contributed by atoms with Gasteiger partial charge in [0, 0.05) is 11.8 Å². The molecule has 0 heterocycles. The highest BCUT2D eigenvalue weighted by molar-refractivity contribution is 6.52. The fourth-order valence-electron chi connectivity index (χ4n) is 6.52. The molecular weight excluding hydrogens is 359 g/mol. The summed E-state index contributed by atoms with van der Waals surface area (Å²) in [6.07, 6.45) is 10.2. The molecule has 0 aromatic carbocycles. The van der Waals surface area contributed by atoms with Crippen LogP contribution < -0.4 is 0 Å². The van der Waals surface area contributed by atoms with Crippen molar-refractivity contribution in [2.75, 3.05) is 0 Å². The number of hydrogen-bond donors (Lipinski definition) is 0. The number of ether oxygens (including phenoxy) is 1. The lowest BCUT2D eigenvalue weighted by Gasteiger charge is -2.53. The van der Waals surface area contributed by atoms with E-state index in [1.165, 1.54) is 18.4 Å². The first-order chi connectivity index (χ1) is 11.9. The Morgan fingerprint density at radius 3 is 2.72 bits per heavy atom. The second-order valence-corrected chi connectivity index (χ2v) is 9.75. The Morgan fingerprint density at radius 2 is 1.96 bits per heavy atom. The maximum absolute atomic E-state index is 11.9. The first-order valence-corrected chi connectivity index (χ1v) is 10.5. The van der Waals surface area contributed by atoms with Gasteiger partial charge in [-0.3, -0.25) is 4.79 Å². The molecule has 0 spiro atoms. The van der Waals surface area contributed by atoms with E-state index >= 15 is 0 Å². The normalized spacial score (nSPS) is 43.1. The summed E-state index contributed by atoms with van der Waals surface area (Å²) < 4.78 is 5.69. The molecule has 0 aliphatic heterocycles. The molecule has 138 valence electrons. The number of hydrogen-bond acceptors (Lipinski definition) is 3. The van der Waals surface area contributed by atoms with Crippen LogP contribution in [0.25, 0.3) is 0 Å². The van der Waals surface area contributed by atoms with Gasteiger partial charge >= 0.3 is 5.97 Å². The topological polar surface area (TPSA) is 43.4 Å². The van der Waals surface area contributed by atoms with Crippen LogP contribution in [-0.2, 0) is 14.3 Å². The highest BCUT2D eigenvalue weighted by Gasteiger charge is 2.57. The maximum Gasteiger partial charge on any atom is 0.339 e. The van der Waals surface area contributed by atoms with E-state index in [4.69, 9.17) is 27.9 Å². The van der Waals surface area contributed by atoms with Crippen LogP contribution in [0, 0.1) is 29.1 Å². The third-order valence-corrected chi connectivity index (χ3v) is 8.01. The molecule has 4 aliphatic rings. The van der Waals surface area contributed by atoms with Crippen LogP contribution in [0.3, 0.4) is 0 Å². The molecule has 25 heavy (non-hydrogen) atoms. The van der Waals surface area contributed by atoms with Crippen LogP contribution in [0.2, 0.25) is 0 Å². The summed E-state index contributed by atoms with van der Waals surface area (Å²) in [5.74, 6) is 2.42. The largest absolute Gasteiger partial charge is 0.460 e. The first-order valence-electron chi connectivity index (χ1n) is 9.62. The summed E-state index contributed by atoms with van der Waals surface area (Å²) in [6.45, 7) is 2.30. The second kappa shape index (κ2) is 6.56. The first kappa shape index (κ1) is 17.9. The predicted octanol–water partition coefficient (Wildman–Crippen LogP) is 4.84. The summed E-state index contributed by atoms with van der Waals surface area (Å²) in [4.78, 5) is 22.6. The van der Waals surface area contributed by atoms with Gasteiger partial charge in [-0.05, 0) is 74.7 Å². The lowest BCUT2D eigenvalue weighted by molar-refractivity contribution is -0.156. The van der Waals surface area contributed by atoms with Crippen LogP contribution in [-0.4, -0.2) is 22.7 Å². The van der Waals surface area contributed by atoms with Crippen molar-refractivity contribution in [3.05, 3.63) is 11.6 Å². The average Bonchev–Trinajstić information content (AvgIpc) is 2.91. The second-order valence-electron chi connectivity index (χ2n) is 8.65. The Kier molecular flexibility index (Phi) is 4.69. The van der Waals surface area contributed by atoms with E-state index in [1.807, 2.05) is 6.08 Å². The van der Waals surface area contributed by atoms with Crippen molar-refractivity contribution < 1.29 is 14.3 Å². The lowest BCUT2D eigenvalue weighted by Crippen LogP contribution is -2.48. The fraction of sp³-hybridized carbons (Fsp3) is 0.800. The average molecular weight is 385 g/mol. The molecule has 3 nitrogen and oxygen atoms in total. The standard InChI is InChI=1S/C20H26Cl2O3/c1-20-9-8-14-13-5-3-12(23)10-11(13)2-4-15(14)16(20)6-7-17(20)25-19(24)18(21)22/h10,13-18H,2-9H2,1H3/t13-,14+,15+,16-,17-,20-/m0/s1. The van der Waals surface area contributed by atoms with E-state index in [1.54, 1.807) is 0 Å². The molecule has 0 aromatic rings. The minimum absolute atomic E-state index is 0.0468. The zero-order valence-electron chi connectivity index (χ0n) is 14.7. The number of ketones is 1. The molecule has 0 saturated heterocycles. The Hall–Kier alpha value is -0.540. The van der Waals surface area contributed by atoms with Crippen LogP contribution >= 0.6 is 23.2 Å². The Bertz CT molecular complexity index is 614. The molecule has 3 fully saturated rings. The Morgan fingerprint density at radius 1 is 1.16 bits per heavy atom. The summed E-state index contributed by atoms with van der Waals surface area (Å²) >= 11 is 11.4. The van der Waals surface area contributed by atoms with Gasteiger partial charge in [-0.2, -0.15) is 0 Å². The molecule has 0 N–H and O–H groups in total. The van der Waals surface area contributed by atoms with Gasteiger partial charge < -0.3 is 4.74 Å². The number of halogens is 2. The summed E-state index contributed by atoms with van der Waals surface area (Å²) in [5.41, 5.74) is 1.46. The van der Waals surface area contributed by atoms with Gasteiger partial charge in [0.15, 0.2) is 5.78 Å². The van der Waals surface area contributed by atoms with Gasteiger partial charge in [-0.1, -0.05) is 35.7 Å². The summed E-state index contributed by atoms with van der Waals surface area (Å²) in [7, 11) is 0. The number of rotatable bonds is 2. The molecule has 6 atom stereocenters. The van der Waals surface area contributed by atoms with E-state index in [2.05, 4.69) is 6.92 Å². The van der Waals surface area contributed by atoms with Crippen molar-refractivity contribution in [3.8, 4) is 0 Å². The molecule has 0 radical (unpaired) electrons. The van der Waals surface area contributed by atoms with Gasteiger partial charge in [0.2, 0.25) is 4.84 Å². The molecular formula is C20H26Cl2O3. The quantitative estimate of drug-likeness (QED) is 0.505. The van der Waals surface area contributed by atoms with Gasteiger partial charge in [-0.15, -0.1) is 0 Å².